The van der Waals surface area contributed by atoms with E-state index in [1.54, 1.807) is 0 Å². The Bertz CT molecular complexity index is 736. The highest BCUT2D eigenvalue weighted by atomic mass is 35.5. The molecular formula is C23H32ClN3O. The van der Waals surface area contributed by atoms with E-state index in [-0.39, 0.29) is 35.8 Å². The van der Waals surface area contributed by atoms with E-state index in [2.05, 4.69) is 48.3 Å². The van der Waals surface area contributed by atoms with Gasteiger partial charge in [-0.25, -0.2) is 0 Å². The fourth-order valence-electron chi connectivity index (χ4n) is 3.85. The molecule has 1 amide bonds. The molecule has 3 N–H and O–H groups in total. The highest BCUT2D eigenvalue weighted by Gasteiger charge is 2.34. The number of nitrogens with two attached hydrogens (primary N) is 1. The average Bonchev–Trinajstić information content (AvgIpc) is 2.65. The van der Waals surface area contributed by atoms with Gasteiger partial charge >= 0.3 is 0 Å². The number of amides is 1. The van der Waals surface area contributed by atoms with E-state index >= 15 is 0 Å². The molecule has 1 aliphatic heterocycles. The molecule has 1 heterocycles. The van der Waals surface area contributed by atoms with Crippen molar-refractivity contribution in [2.75, 3.05) is 19.6 Å². The smallest absolute Gasteiger partial charge is 0.234 e. The Kier molecular flexibility index (Phi) is 8.05. The lowest BCUT2D eigenvalue weighted by molar-refractivity contribution is -0.123. The molecule has 0 aliphatic carbocycles. The summed E-state index contributed by atoms with van der Waals surface area (Å²) in [4.78, 5) is 15.0. The zero-order chi connectivity index (χ0) is 19.3. The summed E-state index contributed by atoms with van der Waals surface area (Å²) < 4.78 is 0. The summed E-state index contributed by atoms with van der Waals surface area (Å²) in [6, 6.07) is 20.7. The SMILES string of the molecule is CC1(C)CN(CC(=O)NC(Cc2ccccc2)c2ccccc2)CCC1N.Cl. The normalized spacial score (nSPS) is 20.0. The van der Waals surface area contributed by atoms with Crippen molar-refractivity contribution in [1.82, 2.24) is 10.2 Å². The number of halogens is 1. The maximum Gasteiger partial charge on any atom is 0.234 e. The van der Waals surface area contributed by atoms with Gasteiger partial charge in [-0.1, -0.05) is 74.5 Å². The van der Waals surface area contributed by atoms with Crippen LogP contribution in [0.5, 0.6) is 0 Å². The molecule has 2 aromatic carbocycles. The van der Waals surface area contributed by atoms with Gasteiger partial charge in [0.05, 0.1) is 12.6 Å². The van der Waals surface area contributed by atoms with Gasteiger partial charge in [0.25, 0.3) is 0 Å². The van der Waals surface area contributed by atoms with Gasteiger partial charge in [-0.2, -0.15) is 0 Å². The van der Waals surface area contributed by atoms with Crippen LogP contribution in [0.25, 0.3) is 0 Å². The molecule has 0 bridgehead atoms. The maximum absolute atomic E-state index is 12.8. The molecule has 0 saturated carbocycles. The summed E-state index contributed by atoms with van der Waals surface area (Å²) in [7, 11) is 0. The van der Waals surface area contributed by atoms with Gasteiger partial charge in [0.15, 0.2) is 0 Å². The molecule has 4 nitrogen and oxygen atoms in total. The van der Waals surface area contributed by atoms with Crippen molar-refractivity contribution in [3.63, 3.8) is 0 Å². The number of carbonyl (C=O) groups excluding carboxylic acids is 1. The molecule has 28 heavy (non-hydrogen) atoms. The Morgan fingerprint density at radius 1 is 1.14 bits per heavy atom. The number of piperidine rings is 1. The van der Waals surface area contributed by atoms with Gasteiger partial charge < -0.3 is 11.1 Å². The van der Waals surface area contributed by atoms with Crippen molar-refractivity contribution >= 4 is 18.3 Å². The van der Waals surface area contributed by atoms with E-state index in [0.717, 1.165) is 31.5 Å². The first-order valence-corrected chi connectivity index (χ1v) is 9.80. The van der Waals surface area contributed by atoms with Crippen LogP contribution in [0.4, 0.5) is 0 Å². The molecule has 5 heteroatoms. The summed E-state index contributed by atoms with van der Waals surface area (Å²) in [6.45, 7) is 6.53. The Morgan fingerprint density at radius 3 is 2.36 bits per heavy atom. The third-order valence-corrected chi connectivity index (χ3v) is 5.58. The van der Waals surface area contributed by atoms with Crippen LogP contribution in [-0.4, -0.2) is 36.5 Å². The molecule has 152 valence electrons. The molecule has 0 spiro atoms. The van der Waals surface area contributed by atoms with Crippen LogP contribution in [0.1, 0.15) is 37.4 Å². The van der Waals surface area contributed by atoms with Gasteiger partial charge in [0.2, 0.25) is 5.91 Å². The van der Waals surface area contributed by atoms with Gasteiger partial charge in [0.1, 0.15) is 0 Å². The second-order valence-corrected chi connectivity index (χ2v) is 8.31. The molecule has 0 aromatic heterocycles. The summed E-state index contributed by atoms with van der Waals surface area (Å²) >= 11 is 0. The first-order chi connectivity index (χ1) is 12.9. The summed E-state index contributed by atoms with van der Waals surface area (Å²) in [5, 5.41) is 3.26. The number of benzene rings is 2. The minimum atomic E-state index is -0.0267. The number of hydrogen-bond donors (Lipinski definition) is 2. The summed E-state index contributed by atoms with van der Waals surface area (Å²) in [5.41, 5.74) is 8.62. The van der Waals surface area contributed by atoms with Gasteiger partial charge in [0, 0.05) is 19.1 Å². The van der Waals surface area contributed by atoms with E-state index < -0.39 is 0 Å². The summed E-state index contributed by atoms with van der Waals surface area (Å²) in [6.07, 6.45) is 1.72. The van der Waals surface area contributed by atoms with Crippen molar-refractivity contribution in [1.29, 1.82) is 0 Å². The van der Waals surface area contributed by atoms with E-state index in [4.69, 9.17) is 5.73 Å². The van der Waals surface area contributed by atoms with E-state index in [0.29, 0.717) is 6.54 Å². The van der Waals surface area contributed by atoms with Crippen LogP contribution in [0.15, 0.2) is 60.7 Å². The predicted octanol–water partition coefficient (Wildman–Crippen LogP) is 3.57. The van der Waals surface area contributed by atoms with Crippen LogP contribution < -0.4 is 11.1 Å². The molecule has 3 rings (SSSR count). The first-order valence-electron chi connectivity index (χ1n) is 9.80. The van der Waals surface area contributed by atoms with Crippen LogP contribution >= 0.6 is 12.4 Å². The zero-order valence-electron chi connectivity index (χ0n) is 16.8. The zero-order valence-corrected chi connectivity index (χ0v) is 17.6. The molecule has 1 fully saturated rings. The van der Waals surface area contributed by atoms with E-state index in [9.17, 15) is 4.79 Å². The fraction of sp³-hybridized carbons (Fsp3) is 0.435. The Balaban J connectivity index is 0.00000280. The standard InChI is InChI=1S/C23H31N3O.ClH/c1-23(2)17-26(14-13-21(23)24)16-22(27)25-20(19-11-7-4-8-12-19)15-18-9-5-3-6-10-18;/h3-12,20-21H,13-17,24H2,1-2H3,(H,25,27);1H. The molecule has 2 atom stereocenters. The van der Waals surface area contributed by atoms with Crippen molar-refractivity contribution in [3.05, 3.63) is 71.8 Å². The number of nitrogens with one attached hydrogen (secondary N) is 1. The number of rotatable bonds is 6. The molecule has 1 saturated heterocycles. The third-order valence-electron chi connectivity index (χ3n) is 5.58. The molecule has 0 radical (unpaired) electrons. The third kappa shape index (κ3) is 6.06. The molecular weight excluding hydrogens is 370 g/mol. The fourth-order valence-corrected chi connectivity index (χ4v) is 3.85. The molecule has 1 aliphatic rings. The Labute approximate surface area is 174 Å². The topological polar surface area (TPSA) is 58.4 Å². The quantitative estimate of drug-likeness (QED) is 0.777. The predicted molar refractivity (Wildman–Crippen MR) is 118 cm³/mol. The van der Waals surface area contributed by atoms with Crippen LogP contribution in [0, 0.1) is 5.41 Å². The number of nitrogens with zero attached hydrogens (tertiary/aromatic N) is 1. The van der Waals surface area contributed by atoms with Gasteiger partial charge in [-0.15, -0.1) is 12.4 Å². The Morgan fingerprint density at radius 2 is 1.75 bits per heavy atom. The molecule has 2 aromatic rings. The monoisotopic (exact) mass is 401 g/mol. The summed E-state index contributed by atoms with van der Waals surface area (Å²) in [5.74, 6) is 0.0751. The van der Waals surface area contributed by atoms with Crippen LogP contribution in [0.3, 0.4) is 0 Å². The number of hydrogen-bond acceptors (Lipinski definition) is 3. The van der Waals surface area contributed by atoms with E-state index in [1.807, 2.05) is 36.4 Å². The van der Waals surface area contributed by atoms with Crippen molar-refractivity contribution in [3.8, 4) is 0 Å². The van der Waals surface area contributed by atoms with Crippen molar-refractivity contribution in [2.45, 2.75) is 38.8 Å². The van der Waals surface area contributed by atoms with Gasteiger partial charge in [-0.3, -0.25) is 9.69 Å². The van der Waals surface area contributed by atoms with Crippen molar-refractivity contribution < 1.29 is 4.79 Å². The maximum atomic E-state index is 12.8. The average molecular weight is 402 g/mol. The number of carbonyl (C=O) groups is 1. The number of likely N-dealkylation sites (tertiary alicyclic amines) is 1. The molecule has 2 unspecified atom stereocenters. The first kappa shape index (κ1) is 22.4. The lowest BCUT2D eigenvalue weighted by Gasteiger charge is -2.42. The van der Waals surface area contributed by atoms with Crippen LogP contribution in [0.2, 0.25) is 0 Å². The van der Waals surface area contributed by atoms with Gasteiger partial charge in [-0.05, 0) is 29.4 Å². The lowest BCUT2D eigenvalue weighted by Crippen LogP contribution is -2.54. The second-order valence-electron chi connectivity index (χ2n) is 8.31. The highest BCUT2D eigenvalue weighted by Crippen LogP contribution is 2.27. The highest BCUT2D eigenvalue weighted by molar-refractivity contribution is 5.85. The van der Waals surface area contributed by atoms with Crippen LogP contribution in [-0.2, 0) is 11.2 Å². The van der Waals surface area contributed by atoms with Crippen molar-refractivity contribution in [2.24, 2.45) is 11.1 Å². The van der Waals surface area contributed by atoms with E-state index in [1.165, 1.54) is 5.56 Å². The second kappa shape index (κ2) is 10.1. The minimum Gasteiger partial charge on any atom is -0.348 e. The minimum absolute atomic E-state index is 0. The Hall–Kier alpha value is -1.88. The lowest BCUT2D eigenvalue weighted by atomic mass is 9.80. The largest absolute Gasteiger partial charge is 0.348 e.